The fourth-order valence-corrected chi connectivity index (χ4v) is 4.79. The number of nitrogens with zero attached hydrogens (tertiary/aromatic N) is 1. The maximum Gasteiger partial charge on any atom is 0.253 e. The van der Waals surface area contributed by atoms with E-state index >= 15 is 0 Å². The van der Waals surface area contributed by atoms with Crippen LogP contribution in [0.4, 0.5) is 0 Å². The Morgan fingerprint density at radius 1 is 1.35 bits per heavy atom. The number of carbonyl (C=O) groups excluding carboxylic acids is 1. The molecule has 0 spiro atoms. The first kappa shape index (κ1) is 19.0. The van der Waals surface area contributed by atoms with Gasteiger partial charge in [-0.3, -0.25) is 4.79 Å². The number of nitrogens with two attached hydrogens (primary N) is 1. The van der Waals surface area contributed by atoms with Crippen molar-refractivity contribution in [2.75, 3.05) is 19.6 Å². The lowest BCUT2D eigenvalue weighted by molar-refractivity contribution is 0.0776. The molecule has 1 aromatic heterocycles. The first-order valence-corrected chi connectivity index (χ1v) is 10.8. The molecule has 0 saturated carbocycles. The third kappa shape index (κ3) is 4.15. The average Bonchev–Trinajstić information content (AvgIpc) is 3.30. The topological polar surface area (TPSA) is 92.5 Å². The van der Waals surface area contributed by atoms with Crippen molar-refractivity contribution in [3.63, 3.8) is 0 Å². The highest BCUT2D eigenvalue weighted by molar-refractivity contribution is 7.89. The number of amides is 1. The molecule has 2 aromatic rings. The first-order chi connectivity index (χ1) is 12.3. The molecule has 1 saturated heterocycles. The minimum Gasteiger partial charge on any atom is -0.338 e. The van der Waals surface area contributed by atoms with E-state index in [9.17, 15) is 13.2 Å². The molecule has 6 nitrogen and oxygen atoms in total. The molecule has 1 aliphatic rings. The summed E-state index contributed by atoms with van der Waals surface area (Å²) in [6.07, 6.45) is 0.857. The van der Waals surface area contributed by atoms with E-state index in [1.165, 1.54) is 23.5 Å². The Hall–Kier alpha value is -1.74. The van der Waals surface area contributed by atoms with Gasteiger partial charge in [0.2, 0.25) is 10.0 Å². The summed E-state index contributed by atoms with van der Waals surface area (Å²) < 4.78 is 27.6. The Morgan fingerprint density at radius 3 is 2.81 bits per heavy atom. The summed E-state index contributed by atoms with van der Waals surface area (Å²) in [4.78, 5) is 15.5. The van der Waals surface area contributed by atoms with Gasteiger partial charge in [0.25, 0.3) is 5.91 Å². The lowest BCUT2D eigenvalue weighted by Crippen LogP contribution is -2.34. The third-order valence-electron chi connectivity index (χ3n) is 4.75. The summed E-state index contributed by atoms with van der Waals surface area (Å²) >= 11 is 1.49. The standard InChI is InChI=1S/C18H23N3O3S2/c1-18(12-19)7-8-21(13-18)17(22)14-4-2-6-16(10-14)26(23,24)20-11-15-5-3-9-25-15/h2-6,9-10,20H,7-8,11-13,19H2,1H3. The third-order valence-corrected chi connectivity index (χ3v) is 7.02. The number of nitrogens with one attached hydrogen (secondary N) is 1. The quantitative estimate of drug-likeness (QED) is 0.785. The Morgan fingerprint density at radius 2 is 2.15 bits per heavy atom. The van der Waals surface area contributed by atoms with Crippen LogP contribution in [0, 0.1) is 5.41 Å². The Labute approximate surface area is 158 Å². The minimum atomic E-state index is -3.68. The van der Waals surface area contributed by atoms with Gasteiger partial charge in [0.05, 0.1) is 4.90 Å². The summed E-state index contributed by atoms with van der Waals surface area (Å²) in [5, 5.41) is 1.90. The molecule has 26 heavy (non-hydrogen) atoms. The zero-order valence-corrected chi connectivity index (χ0v) is 16.3. The number of hydrogen-bond donors (Lipinski definition) is 2. The van der Waals surface area contributed by atoms with Crippen LogP contribution in [0.5, 0.6) is 0 Å². The van der Waals surface area contributed by atoms with Crippen LogP contribution in [0.1, 0.15) is 28.6 Å². The van der Waals surface area contributed by atoms with Gasteiger partial charge in [-0.15, -0.1) is 11.3 Å². The zero-order chi connectivity index (χ0) is 18.8. The van der Waals surface area contributed by atoms with E-state index in [1.807, 2.05) is 17.5 Å². The number of sulfonamides is 1. The molecule has 0 aliphatic carbocycles. The normalized spacial score (nSPS) is 20.5. The molecular formula is C18H23N3O3S2. The molecule has 3 rings (SSSR count). The first-order valence-electron chi connectivity index (χ1n) is 8.44. The van der Waals surface area contributed by atoms with E-state index in [1.54, 1.807) is 17.0 Å². The van der Waals surface area contributed by atoms with Gasteiger partial charge in [-0.25, -0.2) is 13.1 Å². The van der Waals surface area contributed by atoms with Crippen LogP contribution < -0.4 is 10.5 Å². The van der Waals surface area contributed by atoms with E-state index in [4.69, 9.17) is 5.73 Å². The minimum absolute atomic E-state index is 0.0678. The lowest BCUT2D eigenvalue weighted by atomic mass is 9.90. The van der Waals surface area contributed by atoms with Crippen molar-refractivity contribution in [2.24, 2.45) is 11.1 Å². The van der Waals surface area contributed by atoms with Crippen LogP contribution in [0.25, 0.3) is 0 Å². The van der Waals surface area contributed by atoms with Gasteiger partial charge in [0.15, 0.2) is 0 Å². The second kappa shape index (κ2) is 7.48. The molecule has 1 atom stereocenters. The molecule has 8 heteroatoms. The number of rotatable bonds is 6. The lowest BCUT2D eigenvalue weighted by Gasteiger charge is -2.22. The van der Waals surface area contributed by atoms with Gasteiger partial charge in [0, 0.05) is 30.1 Å². The van der Waals surface area contributed by atoms with Gasteiger partial charge >= 0.3 is 0 Å². The highest BCUT2D eigenvalue weighted by Gasteiger charge is 2.35. The van der Waals surface area contributed by atoms with Crippen LogP contribution in [0.2, 0.25) is 0 Å². The second-order valence-electron chi connectivity index (χ2n) is 6.92. The van der Waals surface area contributed by atoms with Crippen molar-refractivity contribution in [1.82, 2.24) is 9.62 Å². The Balaban J connectivity index is 1.74. The van der Waals surface area contributed by atoms with Gasteiger partial charge in [-0.1, -0.05) is 19.1 Å². The molecule has 1 aromatic carbocycles. The van der Waals surface area contributed by atoms with E-state index in [2.05, 4.69) is 11.6 Å². The predicted molar refractivity (Wildman–Crippen MR) is 102 cm³/mol. The van der Waals surface area contributed by atoms with Crippen LogP contribution in [-0.4, -0.2) is 38.9 Å². The highest BCUT2D eigenvalue weighted by atomic mass is 32.2. The van der Waals surface area contributed by atoms with Crippen molar-refractivity contribution in [2.45, 2.75) is 24.8 Å². The zero-order valence-electron chi connectivity index (χ0n) is 14.6. The molecule has 2 heterocycles. The Kier molecular flexibility index (Phi) is 5.47. The Bertz CT molecular complexity index is 881. The van der Waals surface area contributed by atoms with Crippen LogP contribution in [0.15, 0.2) is 46.7 Å². The van der Waals surface area contributed by atoms with Crippen LogP contribution in [0.3, 0.4) is 0 Å². The average molecular weight is 394 g/mol. The maximum atomic E-state index is 12.7. The van der Waals surface area contributed by atoms with Gasteiger partial charge < -0.3 is 10.6 Å². The summed E-state index contributed by atoms with van der Waals surface area (Å²) in [5.74, 6) is -0.155. The molecule has 140 valence electrons. The maximum absolute atomic E-state index is 12.7. The van der Waals surface area contributed by atoms with Gasteiger partial charge in [-0.2, -0.15) is 0 Å². The molecular weight excluding hydrogens is 370 g/mol. The molecule has 0 radical (unpaired) electrons. The molecule has 1 unspecified atom stereocenters. The summed E-state index contributed by atoms with van der Waals surface area (Å²) in [6.45, 7) is 4.06. The van der Waals surface area contributed by atoms with Crippen molar-refractivity contribution in [3.8, 4) is 0 Å². The van der Waals surface area contributed by atoms with Crippen molar-refractivity contribution in [3.05, 3.63) is 52.2 Å². The number of likely N-dealkylation sites (tertiary alicyclic amines) is 1. The summed E-state index contributed by atoms with van der Waals surface area (Å²) in [5.41, 5.74) is 6.11. The number of thiophene rings is 1. The van der Waals surface area contributed by atoms with Crippen molar-refractivity contribution < 1.29 is 13.2 Å². The van der Waals surface area contributed by atoms with E-state index in [0.29, 0.717) is 25.2 Å². The SMILES string of the molecule is CC1(CN)CCN(C(=O)c2cccc(S(=O)(=O)NCc3cccs3)c2)C1. The van der Waals surface area contributed by atoms with Crippen LogP contribution >= 0.6 is 11.3 Å². The molecule has 1 fully saturated rings. The van der Waals surface area contributed by atoms with Crippen molar-refractivity contribution in [1.29, 1.82) is 0 Å². The number of benzene rings is 1. The van der Waals surface area contributed by atoms with Gasteiger partial charge in [-0.05, 0) is 48.0 Å². The van der Waals surface area contributed by atoms with Gasteiger partial charge in [0.1, 0.15) is 0 Å². The fraction of sp³-hybridized carbons (Fsp3) is 0.389. The predicted octanol–water partition coefficient (Wildman–Crippen LogP) is 2.04. The molecule has 3 N–H and O–H groups in total. The molecule has 1 aliphatic heterocycles. The number of hydrogen-bond acceptors (Lipinski definition) is 5. The monoisotopic (exact) mass is 393 g/mol. The van der Waals surface area contributed by atoms with E-state index in [-0.39, 0.29) is 22.8 Å². The summed E-state index contributed by atoms with van der Waals surface area (Å²) in [6, 6.07) is 9.94. The van der Waals surface area contributed by atoms with E-state index in [0.717, 1.165) is 11.3 Å². The fourth-order valence-electron chi connectivity index (χ4n) is 3.01. The molecule has 0 bridgehead atoms. The van der Waals surface area contributed by atoms with E-state index < -0.39 is 10.0 Å². The molecule has 1 amide bonds. The number of carbonyl (C=O) groups is 1. The highest BCUT2D eigenvalue weighted by Crippen LogP contribution is 2.29. The van der Waals surface area contributed by atoms with Crippen molar-refractivity contribution >= 4 is 27.3 Å². The summed E-state index contributed by atoms with van der Waals surface area (Å²) in [7, 11) is -3.68. The smallest absolute Gasteiger partial charge is 0.253 e. The largest absolute Gasteiger partial charge is 0.338 e. The van der Waals surface area contributed by atoms with Crippen LogP contribution in [-0.2, 0) is 16.6 Å². The second-order valence-corrected chi connectivity index (χ2v) is 9.72.